The molecule has 0 spiro atoms. The number of ether oxygens (including phenoxy) is 2. The summed E-state index contributed by atoms with van der Waals surface area (Å²) in [6.45, 7) is 11.2. The van der Waals surface area contributed by atoms with E-state index in [-0.39, 0.29) is 29.8 Å². The van der Waals surface area contributed by atoms with Crippen molar-refractivity contribution < 1.29 is 29.3 Å². The van der Waals surface area contributed by atoms with E-state index in [4.69, 9.17) is 9.47 Å². The number of epoxide rings is 1. The van der Waals surface area contributed by atoms with Gasteiger partial charge in [0, 0.05) is 17.7 Å². The number of carbonyl (C=O) groups is 2. The Kier molecular flexibility index (Phi) is 9.89. The lowest BCUT2D eigenvalue weighted by Crippen LogP contribution is -2.47. The van der Waals surface area contributed by atoms with Gasteiger partial charge in [0.1, 0.15) is 11.9 Å². The Labute approximate surface area is 248 Å². The third-order valence-corrected chi connectivity index (χ3v) is 9.84. The molecule has 1 aromatic carbocycles. The molecule has 0 bridgehead atoms. The number of benzene rings is 1. The molecule has 0 aliphatic carbocycles. The summed E-state index contributed by atoms with van der Waals surface area (Å²) in [7, 11) is 0. The maximum atomic E-state index is 14.0. The van der Waals surface area contributed by atoms with E-state index in [2.05, 4.69) is 11.9 Å². The number of thiazole rings is 1. The molecule has 1 aromatic heterocycles. The molecule has 2 aliphatic heterocycles. The molecule has 41 heavy (non-hydrogen) atoms. The highest BCUT2D eigenvalue weighted by Gasteiger charge is 2.53. The second kappa shape index (κ2) is 12.9. The van der Waals surface area contributed by atoms with Gasteiger partial charge in [0.05, 0.1) is 46.5 Å². The van der Waals surface area contributed by atoms with Crippen LogP contribution in [-0.4, -0.2) is 57.0 Å². The predicted molar refractivity (Wildman–Crippen MR) is 160 cm³/mol. The molecule has 8 heteroatoms. The van der Waals surface area contributed by atoms with Crippen LogP contribution in [0.15, 0.2) is 41.3 Å². The van der Waals surface area contributed by atoms with Gasteiger partial charge in [-0.2, -0.15) is 0 Å². The van der Waals surface area contributed by atoms with Crippen LogP contribution in [0.1, 0.15) is 83.0 Å². The van der Waals surface area contributed by atoms with Crippen LogP contribution in [0, 0.1) is 24.2 Å². The summed E-state index contributed by atoms with van der Waals surface area (Å²) < 4.78 is 12.1. The van der Waals surface area contributed by atoms with Gasteiger partial charge >= 0.3 is 5.97 Å². The summed E-state index contributed by atoms with van der Waals surface area (Å²) in [5, 5.41) is 25.6. The molecule has 0 unspecified atom stereocenters. The number of hydrogen-bond donors (Lipinski definition) is 2. The second-order valence-electron chi connectivity index (χ2n) is 12.8. The lowest BCUT2D eigenvalue weighted by atomic mass is 9.70. The average molecular weight is 584 g/mol. The number of carbonyl (C=O) groups excluding carboxylic acids is 2. The van der Waals surface area contributed by atoms with Crippen LogP contribution in [-0.2, 0) is 25.5 Å². The van der Waals surface area contributed by atoms with Gasteiger partial charge in [0.25, 0.3) is 0 Å². The summed E-state index contributed by atoms with van der Waals surface area (Å²) >= 11 is 1.56. The minimum Gasteiger partial charge on any atom is -0.458 e. The molecule has 4 rings (SSSR count). The maximum Gasteiger partial charge on any atom is 0.309 e. The van der Waals surface area contributed by atoms with Gasteiger partial charge in [-0.05, 0) is 63.2 Å². The van der Waals surface area contributed by atoms with Gasteiger partial charge in [-0.1, -0.05) is 57.5 Å². The fourth-order valence-electron chi connectivity index (χ4n) is 5.94. The average Bonchev–Trinajstić information content (AvgIpc) is 3.37. The zero-order valence-corrected chi connectivity index (χ0v) is 25.9. The van der Waals surface area contributed by atoms with Crippen molar-refractivity contribution in [3.63, 3.8) is 0 Å². The highest BCUT2D eigenvalue weighted by Crippen LogP contribution is 2.45. The third-order valence-electron chi connectivity index (χ3n) is 9.05. The lowest BCUT2D eigenvalue weighted by Gasteiger charge is -2.36. The highest BCUT2D eigenvalue weighted by molar-refractivity contribution is 7.09. The zero-order chi connectivity index (χ0) is 29.9. The first kappa shape index (κ1) is 31.5. The van der Waals surface area contributed by atoms with Crippen molar-refractivity contribution in [3.8, 4) is 0 Å². The molecule has 0 radical (unpaired) electrons. The number of aliphatic hydroxyl groups is 2. The van der Waals surface area contributed by atoms with Crippen molar-refractivity contribution in [1.82, 2.24) is 4.98 Å². The summed E-state index contributed by atoms with van der Waals surface area (Å²) in [5.41, 5.74) is 1.01. The monoisotopic (exact) mass is 583 g/mol. The minimum absolute atomic E-state index is 0.0669. The van der Waals surface area contributed by atoms with Crippen molar-refractivity contribution in [1.29, 1.82) is 0 Å². The largest absolute Gasteiger partial charge is 0.458 e. The van der Waals surface area contributed by atoms with Gasteiger partial charge in [-0.25, -0.2) is 4.98 Å². The lowest BCUT2D eigenvalue weighted by molar-refractivity contribution is -0.154. The summed E-state index contributed by atoms with van der Waals surface area (Å²) in [5.74, 6) is -1.68. The number of aryl methyl sites for hydroxylation is 1. The van der Waals surface area contributed by atoms with E-state index in [0.29, 0.717) is 12.8 Å². The molecule has 0 saturated carbocycles. The number of aromatic nitrogens is 1. The van der Waals surface area contributed by atoms with E-state index in [1.807, 2.05) is 62.6 Å². The van der Waals surface area contributed by atoms with E-state index in [1.165, 1.54) is 0 Å². The Morgan fingerprint density at radius 2 is 1.88 bits per heavy atom. The van der Waals surface area contributed by atoms with Gasteiger partial charge in [0.2, 0.25) is 0 Å². The van der Waals surface area contributed by atoms with E-state index >= 15 is 0 Å². The van der Waals surface area contributed by atoms with Crippen LogP contribution in [0.3, 0.4) is 0 Å². The molecule has 2 saturated heterocycles. The molecular formula is C33H45NO6S. The Bertz CT molecular complexity index is 1240. The Hall–Kier alpha value is -2.39. The molecule has 2 aromatic rings. The van der Waals surface area contributed by atoms with Crippen LogP contribution < -0.4 is 0 Å². The predicted octanol–water partition coefficient (Wildman–Crippen LogP) is 5.70. The van der Waals surface area contributed by atoms with Crippen LogP contribution in [0.5, 0.6) is 0 Å². The van der Waals surface area contributed by atoms with Crippen LogP contribution in [0.25, 0.3) is 6.08 Å². The fourth-order valence-corrected chi connectivity index (χ4v) is 6.51. The summed E-state index contributed by atoms with van der Waals surface area (Å²) in [6, 6.07) is 9.63. The van der Waals surface area contributed by atoms with Crippen LogP contribution >= 0.6 is 11.3 Å². The van der Waals surface area contributed by atoms with E-state index in [1.54, 1.807) is 25.2 Å². The second-order valence-corrected chi connectivity index (χ2v) is 13.8. The number of fused-ring (bicyclic) bond motifs is 1. The van der Waals surface area contributed by atoms with Crippen molar-refractivity contribution in [2.75, 3.05) is 0 Å². The standard InChI is InChI=1S/C33H45NO6S/c1-20-11-10-14-33(6)28(40-33)17-26(21(2)15-24-19-41-22(3)34-24)39-29(36)18-27(35)32(4,5)31(38)25(30(20)37)16-23-12-8-7-9-13-23/h7-9,12-13,15,19-20,25-28,30,35,37H,10-11,14,16-18H2,1-6H3/t20-,25+,26-,27-,28-,30-,33-/m0/s1. The fraction of sp³-hybridized carbons (Fsp3) is 0.606. The Balaban J connectivity index is 1.61. The first-order valence-corrected chi connectivity index (χ1v) is 15.6. The van der Waals surface area contributed by atoms with E-state index < -0.39 is 35.6 Å². The topological polar surface area (TPSA) is 109 Å². The highest BCUT2D eigenvalue weighted by atomic mass is 32.1. The SMILES string of the molecule is CC(=Cc1csc(C)n1)[C@@H]1C[C@@H]2O[C@@]2(C)CCC[C@H](C)[C@H](O)[C@@H](Cc2ccccc2)C(=O)C(C)(C)[C@@H](O)CC(=O)O1. The molecule has 2 fully saturated rings. The zero-order valence-electron chi connectivity index (χ0n) is 25.1. The van der Waals surface area contributed by atoms with Crippen molar-refractivity contribution in [3.05, 3.63) is 57.6 Å². The smallest absolute Gasteiger partial charge is 0.309 e. The van der Waals surface area contributed by atoms with E-state index in [0.717, 1.165) is 41.1 Å². The number of esters is 1. The molecule has 0 amide bonds. The van der Waals surface area contributed by atoms with Crippen LogP contribution in [0.2, 0.25) is 0 Å². The van der Waals surface area contributed by atoms with Crippen molar-refractivity contribution >= 4 is 29.2 Å². The summed E-state index contributed by atoms with van der Waals surface area (Å²) in [6.07, 6.45) is 2.09. The quantitative estimate of drug-likeness (QED) is 0.351. The minimum atomic E-state index is -1.27. The molecule has 2 aliphatic rings. The van der Waals surface area contributed by atoms with Crippen LogP contribution in [0.4, 0.5) is 0 Å². The van der Waals surface area contributed by atoms with E-state index in [9.17, 15) is 19.8 Å². The number of rotatable bonds is 4. The molecular weight excluding hydrogens is 538 g/mol. The number of ketones is 1. The number of Topliss-reactive ketones (excluding diaryl/α,β-unsaturated/α-hetero) is 1. The Morgan fingerprint density at radius 3 is 2.54 bits per heavy atom. The van der Waals surface area contributed by atoms with Gasteiger partial charge < -0.3 is 19.7 Å². The first-order valence-electron chi connectivity index (χ1n) is 14.7. The maximum absolute atomic E-state index is 14.0. The molecule has 7 atom stereocenters. The Morgan fingerprint density at radius 1 is 1.17 bits per heavy atom. The van der Waals surface area contributed by atoms with Gasteiger partial charge in [0.15, 0.2) is 0 Å². The number of cyclic esters (lactones) is 1. The molecule has 224 valence electrons. The summed E-state index contributed by atoms with van der Waals surface area (Å²) in [4.78, 5) is 31.7. The first-order chi connectivity index (χ1) is 19.3. The molecule has 2 N–H and O–H groups in total. The number of hydrogen-bond acceptors (Lipinski definition) is 8. The van der Waals surface area contributed by atoms with Crippen molar-refractivity contribution in [2.45, 2.75) is 110 Å². The number of aliphatic hydroxyl groups excluding tert-OH is 2. The van der Waals surface area contributed by atoms with Crippen molar-refractivity contribution in [2.24, 2.45) is 17.3 Å². The third kappa shape index (κ3) is 7.72. The van der Waals surface area contributed by atoms with Gasteiger partial charge in [-0.3, -0.25) is 9.59 Å². The molecule has 3 heterocycles. The molecule has 7 nitrogen and oxygen atoms in total. The number of nitrogens with zero attached hydrogens (tertiary/aromatic N) is 1. The normalized spacial score (nSPS) is 33.6. The van der Waals surface area contributed by atoms with Gasteiger partial charge in [-0.15, -0.1) is 11.3 Å².